The first-order valence-electron chi connectivity index (χ1n) is 4.94. The van der Waals surface area contributed by atoms with E-state index in [0.29, 0.717) is 12.0 Å². The van der Waals surface area contributed by atoms with E-state index in [2.05, 4.69) is 21.2 Å². The summed E-state index contributed by atoms with van der Waals surface area (Å²) in [5.74, 6) is -1.08. The number of aliphatic carboxylic acids is 1. The minimum Gasteiger partial charge on any atom is -0.587 e. The average molecular weight is 315 g/mol. The molecule has 2 unspecified atom stereocenters. The van der Waals surface area contributed by atoms with Crippen molar-refractivity contribution in [2.75, 3.05) is 6.61 Å². The van der Waals surface area contributed by atoms with Gasteiger partial charge in [0, 0.05) is 0 Å². The van der Waals surface area contributed by atoms with Crippen LogP contribution >= 0.6 is 15.0 Å². The summed E-state index contributed by atoms with van der Waals surface area (Å²) >= 11 is 0. The number of allylic oxidation sites excluding steroid dienone is 1. The molecular weight excluding hydrogens is 302 g/mol. The van der Waals surface area contributed by atoms with Gasteiger partial charge in [-0.3, -0.25) is 9.32 Å². The van der Waals surface area contributed by atoms with Gasteiger partial charge in [-0.2, -0.15) is 0 Å². The second kappa shape index (κ2) is 9.17. The molecule has 0 aromatic heterocycles. The zero-order valence-electron chi connectivity index (χ0n) is 9.76. The predicted octanol–water partition coefficient (Wildman–Crippen LogP) is 1.65. The summed E-state index contributed by atoms with van der Waals surface area (Å²) in [6, 6.07) is 0. The molecule has 0 aliphatic rings. The smallest absolute Gasteiger partial charge is 0.587 e. The second-order valence-electron chi connectivity index (χ2n) is 3.16. The fourth-order valence-electron chi connectivity index (χ4n) is 1.09. The zero-order chi connectivity index (χ0) is 14.9. The molecule has 0 saturated carbocycles. The molecule has 0 fully saturated rings. The van der Waals surface area contributed by atoms with E-state index in [4.69, 9.17) is 10.4 Å². The Hall–Kier alpha value is -0.790. The first-order valence-corrected chi connectivity index (χ1v) is 8.36. The van der Waals surface area contributed by atoms with Crippen LogP contribution in [0.4, 0.5) is 0 Å². The molecule has 2 atom stereocenters. The second-order valence-corrected chi connectivity index (χ2v) is 7.43. The minimum absolute atomic E-state index is 0.0176. The lowest BCUT2D eigenvalue weighted by atomic mass is 10.1. The lowest BCUT2D eigenvalue weighted by Gasteiger charge is -2.08. The van der Waals surface area contributed by atoms with Gasteiger partial charge in [0.15, 0.2) is 0 Å². The van der Waals surface area contributed by atoms with E-state index < -0.39 is 21.0 Å². The fourth-order valence-corrected chi connectivity index (χ4v) is 2.47. The Balaban J connectivity index is 4.45. The molecule has 19 heavy (non-hydrogen) atoms. The quantitative estimate of drug-likeness (QED) is 0.202. The van der Waals surface area contributed by atoms with Crippen LogP contribution in [0.25, 0.3) is 0 Å². The van der Waals surface area contributed by atoms with E-state index in [1.54, 1.807) is 0 Å². The molecule has 11 heteroatoms. The summed E-state index contributed by atoms with van der Waals surface area (Å²) in [7, 11) is -8.24. The maximum Gasteiger partial charge on any atom is 0.596 e. The first kappa shape index (κ1) is 18.2. The normalized spacial score (nSPS) is 15.9. The van der Waals surface area contributed by atoms with Crippen LogP contribution in [0.1, 0.15) is 19.3 Å². The molecule has 0 aromatic carbocycles. The van der Waals surface area contributed by atoms with Crippen LogP contribution in [0.2, 0.25) is 0 Å². The summed E-state index contributed by atoms with van der Waals surface area (Å²) in [5, 5.41) is 19.6. The Morgan fingerprint density at radius 3 is 2.58 bits per heavy atom. The van der Waals surface area contributed by atoms with E-state index in [9.17, 15) is 18.8 Å². The Bertz CT molecular complexity index is 392. The number of rotatable bonds is 10. The zero-order valence-corrected chi connectivity index (χ0v) is 11.5. The van der Waals surface area contributed by atoms with E-state index in [-0.39, 0.29) is 19.4 Å². The van der Waals surface area contributed by atoms with Gasteiger partial charge in [0.25, 0.3) is 0 Å². The van der Waals surface area contributed by atoms with Crippen molar-refractivity contribution in [1.82, 2.24) is 0 Å². The number of carboxylic acids is 1. The Kier molecular flexibility index (Phi) is 8.79. The summed E-state index contributed by atoms with van der Waals surface area (Å²) in [5.41, 5.74) is 0.431. The van der Waals surface area contributed by atoms with Crippen molar-refractivity contribution in [3.8, 4) is 0 Å². The molecule has 9 nitrogen and oxygen atoms in total. The molecule has 0 radical (unpaired) electrons. The van der Waals surface area contributed by atoms with Crippen LogP contribution in [-0.4, -0.2) is 22.9 Å². The van der Waals surface area contributed by atoms with Gasteiger partial charge in [0.05, 0.1) is 20.0 Å². The summed E-state index contributed by atoms with van der Waals surface area (Å²) in [6.45, 7) is 3.12. The highest BCUT2D eigenvalue weighted by Gasteiger charge is 2.43. The number of hydrogen-bond donors (Lipinski definition) is 2. The van der Waals surface area contributed by atoms with E-state index in [1.165, 1.54) is 6.08 Å². The maximum atomic E-state index is 11.4. The van der Waals surface area contributed by atoms with Crippen LogP contribution in [0.5, 0.6) is 0 Å². The molecule has 108 valence electrons. The third-order valence-electron chi connectivity index (χ3n) is 1.82. The summed E-state index contributed by atoms with van der Waals surface area (Å²) < 4.78 is 30.2. The SMILES string of the molecule is [CH2+]C/C=C(/CCOP(=O)(OOO)[P+](=O)[O-])CC(=O)O. The van der Waals surface area contributed by atoms with Gasteiger partial charge in [-0.05, 0) is 12.5 Å². The molecule has 0 bridgehead atoms. The minimum atomic E-state index is -4.61. The highest BCUT2D eigenvalue weighted by molar-refractivity contribution is 8.20. The molecule has 0 heterocycles. The van der Waals surface area contributed by atoms with Gasteiger partial charge < -0.3 is 10.00 Å². The third-order valence-corrected chi connectivity index (χ3v) is 4.73. The lowest BCUT2D eigenvalue weighted by Crippen LogP contribution is -2.03. The van der Waals surface area contributed by atoms with Crippen LogP contribution in [0.15, 0.2) is 11.6 Å². The number of carbonyl (C=O) groups is 1. The molecular formula is C8H13O9P2+. The van der Waals surface area contributed by atoms with Gasteiger partial charge in [-0.25, -0.2) is 9.82 Å². The van der Waals surface area contributed by atoms with Crippen LogP contribution in [-0.2, 0) is 28.2 Å². The van der Waals surface area contributed by atoms with Crippen molar-refractivity contribution in [2.24, 2.45) is 0 Å². The molecule has 0 saturated heterocycles. The topological polar surface area (TPSA) is 142 Å². The monoisotopic (exact) mass is 315 g/mol. The fraction of sp³-hybridized carbons (Fsp3) is 0.500. The Morgan fingerprint density at radius 1 is 1.53 bits per heavy atom. The highest BCUT2D eigenvalue weighted by atomic mass is 32.1. The third kappa shape index (κ3) is 7.39. The summed E-state index contributed by atoms with van der Waals surface area (Å²) in [6.07, 6.45) is 1.61. The van der Waals surface area contributed by atoms with Crippen LogP contribution in [0.3, 0.4) is 0 Å². The van der Waals surface area contributed by atoms with E-state index in [1.807, 2.05) is 0 Å². The van der Waals surface area contributed by atoms with Gasteiger partial charge in [-0.1, -0.05) is 19.9 Å². The molecule has 0 aromatic rings. The van der Waals surface area contributed by atoms with Gasteiger partial charge in [0.1, 0.15) is 6.42 Å². The van der Waals surface area contributed by atoms with Gasteiger partial charge >= 0.3 is 21.0 Å². The van der Waals surface area contributed by atoms with Crippen molar-refractivity contribution >= 4 is 21.0 Å². The van der Waals surface area contributed by atoms with Gasteiger partial charge in [-0.15, -0.1) is 0 Å². The van der Waals surface area contributed by atoms with Crippen molar-refractivity contribution < 1.29 is 43.4 Å². The molecule has 0 rings (SSSR count). The standard InChI is InChI=1S/C8H12O9P2/c1-2-3-7(6-8(9)10)4-5-15-19(14,17-16-11)18(12)13/h3H,1-2,4-6H2,(H-,9,10,11)/p+1/b7-3-. The predicted molar refractivity (Wildman–Crippen MR) is 60.9 cm³/mol. The molecule has 0 spiro atoms. The first-order chi connectivity index (χ1) is 8.85. The van der Waals surface area contributed by atoms with Crippen molar-refractivity contribution in [3.05, 3.63) is 18.6 Å². The molecule has 0 amide bonds. The Morgan fingerprint density at radius 2 is 2.16 bits per heavy atom. The summed E-state index contributed by atoms with van der Waals surface area (Å²) in [4.78, 5) is 21.1. The lowest BCUT2D eigenvalue weighted by molar-refractivity contribution is -0.442. The van der Waals surface area contributed by atoms with Crippen LogP contribution in [0, 0.1) is 6.92 Å². The largest absolute Gasteiger partial charge is 0.596 e. The van der Waals surface area contributed by atoms with Crippen molar-refractivity contribution in [1.29, 1.82) is 0 Å². The van der Waals surface area contributed by atoms with Crippen molar-refractivity contribution in [3.63, 3.8) is 0 Å². The molecule has 0 aliphatic heterocycles. The maximum absolute atomic E-state index is 11.4. The Labute approximate surface area is 109 Å². The van der Waals surface area contributed by atoms with E-state index >= 15 is 0 Å². The molecule has 0 aliphatic carbocycles. The molecule has 2 N–H and O–H groups in total. The highest BCUT2D eigenvalue weighted by Crippen LogP contribution is 2.66. The van der Waals surface area contributed by atoms with E-state index in [0.717, 1.165) is 0 Å². The number of hydrogen-bond acceptors (Lipinski definition) is 8. The van der Waals surface area contributed by atoms with Crippen molar-refractivity contribution in [2.45, 2.75) is 19.3 Å². The number of carboxylic acid groups (broad SMARTS) is 1. The van der Waals surface area contributed by atoms with Gasteiger partial charge in [0.2, 0.25) is 0 Å². The van der Waals surface area contributed by atoms with Crippen LogP contribution < -0.4 is 4.89 Å². The average Bonchev–Trinajstić information content (AvgIpc) is 2.28.